The molecule has 0 saturated carbocycles. The standard InChI is InChI=1S/C3H8O2.K/c1-4-3-5-2;/h3H2,1-2H3;. The largest absolute Gasteiger partial charge is 0.359 e. The van der Waals surface area contributed by atoms with Crippen molar-refractivity contribution in [3.63, 3.8) is 0 Å². The molecule has 0 aliphatic heterocycles. The van der Waals surface area contributed by atoms with E-state index in [1.807, 2.05) is 0 Å². The van der Waals surface area contributed by atoms with Crippen LogP contribution in [-0.4, -0.2) is 72.4 Å². The molecular formula is C3H8KO2. The van der Waals surface area contributed by atoms with Crippen LogP contribution in [-0.2, 0) is 9.47 Å². The Morgan fingerprint density at radius 2 is 1.50 bits per heavy atom. The molecule has 2 nitrogen and oxygen atoms in total. The van der Waals surface area contributed by atoms with Gasteiger partial charge in [-0.2, -0.15) is 0 Å². The Hall–Kier alpha value is 1.56. The maximum absolute atomic E-state index is 4.47. The van der Waals surface area contributed by atoms with Crippen molar-refractivity contribution in [2.24, 2.45) is 0 Å². The molecule has 3 heteroatoms. The maximum atomic E-state index is 4.47. The summed E-state index contributed by atoms with van der Waals surface area (Å²) in [7, 11) is 3.17. The van der Waals surface area contributed by atoms with Crippen LogP contribution in [0.5, 0.6) is 0 Å². The average Bonchev–Trinajstić information content (AvgIpc) is 1.41. The molecule has 33 valence electrons. The van der Waals surface area contributed by atoms with E-state index in [0.29, 0.717) is 6.79 Å². The molecule has 1 radical (unpaired) electrons. The quantitative estimate of drug-likeness (QED) is 0.368. The Labute approximate surface area is 80.6 Å². The summed E-state index contributed by atoms with van der Waals surface area (Å²) in [5.74, 6) is 0. The minimum Gasteiger partial charge on any atom is -0.359 e. The van der Waals surface area contributed by atoms with Gasteiger partial charge in [0.15, 0.2) is 0 Å². The third kappa shape index (κ3) is 9.12. The number of rotatable bonds is 2. The minimum atomic E-state index is 0. The minimum absolute atomic E-state index is 0. The molecule has 0 heterocycles. The predicted octanol–water partition coefficient (Wildman–Crippen LogP) is -0.144. The number of hydrogen-bond donors (Lipinski definition) is 0. The van der Waals surface area contributed by atoms with Gasteiger partial charge >= 0.3 is 0 Å². The van der Waals surface area contributed by atoms with Crippen LogP contribution >= 0.6 is 0 Å². The number of ether oxygens (including phenoxy) is 2. The van der Waals surface area contributed by atoms with Crippen molar-refractivity contribution in [1.29, 1.82) is 0 Å². The summed E-state index contributed by atoms with van der Waals surface area (Å²) in [5, 5.41) is 0. The van der Waals surface area contributed by atoms with Gasteiger partial charge < -0.3 is 9.47 Å². The summed E-state index contributed by atoms with van der Waals surface area (Å²) < 4.78 is 8.94. The van der Waals surface area contributed by atoms with Gasteiger partial charge in [0.25, 0.3) is 0 Å². The molecule has 0 aliphatic carbocycles. The molecule has 0 N–H and O–H groups in total. The van der Waals surface area contributed by atoms with Crippen molar-refractivity contribution >= 4 is 51.4 Å². The zero-order valence-electron chi connectivity index (χ0n) is 4.52. The first-order valence-corrected chi connectivity index (χ1v) is 1.39. The summed E-state index contributed by atoms with van der Waals surface area (Å²) in [4.78, 5) is 0. The zero-order valence-corrected chi connectivity index (χ0v) is 7.65. The Kier molecular flexibility index (Phi) is 17.1. The van der Waals surface area contributed by atoms with Crippen LogP contribution in [0, 0.1) is 0 Å². The Morgan fingerprint density at radius 3 is 1.50 bits per heavy atom. The van der Waals surface area contributed by atoms with E-state index in [1.54, 1.807) is 14.2 Å². The average molecular weight is 115 g/mol. The Bertz CT molecular complexity index is 16.3. The van der Waals surface area contributed by atoms with Gasteiger partial charge in [-0.15, -0.1) is 0 Å². The first-order chi connectivity index (χ1) is 2.41. The molecule has 0 aromatic carbocycles. The monoisotopic (exact) mass is 115 g/mol. The molecule has 0 saturated heterocycles. The molecule has 0 aliphatic rings. The molecule has 0 rings (SSSR count). The second kappa shape index (κ2) is 9.75. The first-order valence-electron chi connectivity index (χ1n) is 1.39. The molecule has 0 spiro atoms. The zero-order chi connectivity index (χ0) is 4.12. The van der Waals surface area contributed by atoms with E-state index in [2.05, 4.69) is 9.47 Å². The van der Waals surface area contributed by atoms with Crippen molar-refractivity contribution in [2.75, 3.05) is 21.0 Å². The summed E-state index contributed by atoms with van der Waals surface area (Å²) in [5.41, 5.74) is 0. The summed E-state index contributed by atoms with van der Waals surface area (Å²) in [6, 6.07) is 0. The molecule has 0 unspecified atom stereocenters. The van der Waals surface area contributed by atoms with Gasteiger partial charge in [-0.1, -0.05) is 0 Å². The van der Waals surface area contributed by atoms with Crippen LogP contribution < -0.4 is 0 Å². The molecule has 0 fully saturated rings. The van der Waals surface area contributed by atoms with Crippen molar-refractivity contribution < 1.29 is 9.47 Å². The second-order valence-corrected chi connectivity index (χ2v) is 0.695. The van der Waals surface area contributed by atoms with Gasteiger partial charge in [-0.25, -0.2) is 0 Å². The fourth-order valence-corrected chi connectivity index (χ4v) is 0.118. The van der Waals surface area contributed by atoms with Crippen LogP contribution in [0.1, 0.15) is 0 Å². The first kappa shape index (κ1) is 10.5. The van der Waals surface area contributed by atoms with Gasteiger partial charge in [0.1, 0.15) is 6.79 Å². The van der Waals surface area contributed by atoms with E-state index in [9.17, 15) is 0 Å². The van der Waals surface area contributed by atoms with Crippen LogP contribution in [0.25, 0.3) is 0 Å². The third-order valence-corrected chi connectivity index (χ3v) is 0.236. The van der Waals surface area contributed by atoms with Crippen LogP contribution in [0.4, 0.5) is 0 Å². The molecule has 0 bridgehead atoms. The van der Waals surface area contributed by atoms with Crippen LogP contribution in [0.15, 0.2) is 0 Å². The van der Waals surface area contributed by atoms with Gasteiger partial charge in [-0.05, 0) is 0 Å². The van der Waals surface area contributed by atoms with Crippen LogP contribution in [0.2, 0.25) is 0 Å². The summed E-state index contributed by atoms with van der Waals surface area (Å²) >= 11 is 0. The smallest absolute Gasteiger partial charge is 0.145 e. The van der Waals surface area contributed by atoms with E-state index in [-0.39, 0.29) is 51.4 Å². The van der Waals surface area contributed by atoms with Crippen molar-refractivity contribution in [1.82, 2.24) is 0 Å². The van der Waals surface area contributed by atoms with Gasteiger partial charge in [0.05, 0.1) is 0 Å². The van der Waals surface area contributed by atoms with Gasteiger partial charge in [0.2, 0.25) is 0 Å². The molecular weight excluding hydrogens is 107 g/mol. The fraction of sp³-hybridized carbons (Fsp3) is 1.00. The van der Waals surface area contributed by atoms with E-state index in [1.165, 1.54) is 0 Å². The molecule has 0 aromatic heterocycles. The Balaban J connectivity index is 0. The number of hydrogen-bond acceptors (Lipinski definition) is 2. The second-order valence-electron chi connectivity index (χ2n) is 0.695. The number of methoxy groups -OCH3 is 2. The van der Waals surface area contributed by atoms with E-state index >= 15 is 0 Å². The molecule has 0 atom stereocenters. The third-order valence-electron chi connectivity index (χ3n) is 0.236. The van der Waals surface area contributed by atoms with Gasteiger partial charge in [-0.3, -0.25) is 0 Å². The predicted molar refractivity (Wildman–Crippen MR) is 24.6 cm³/mol. The normalized spacial score (nSPS) is 7.00. The topological polar surface area (TPSA) is 18.5 Å². The molecule has 0 aromatic rings. The van der Waals surface area contributed by atoms with Crippen molar-refractivity contribution in [3.8, 4) is 0 Å². The van der Waals surface area contributed by atoms with Crippen molar-refractivity contribution in [2.45, 2.75) is 0 Å². The van der Waals surface area contributed by atoms with Crippen molar-refractivity contribution in [3.05, 3.63) is 0 Å². The van der Waals surface area contributed by atoms with E-state index in [0.717, 1.165) is 0 Å². The van der Waals surface area contributed by atoms with Gasteiger partial charge in [0, 0.05) is 65.6 Å². The molecule has 0 amide bonds. The van der Waals surface area contributed by atoms with E-state index in [4.69, 9.17) is 0 Å². The van der Waals surface area contributed by atoms with E-state index < -0.39 is 0 Å². The fourth-order valence-electron chi connectivity index (χ4n) is 0.118. The maximum Gasteiger partial charge on any atom is 0.145 e. The van der Waals surface area contributed by atoms with Crippen LogP contribution in [0.3, 0.4) is 0 Å². The SMILES string of the molecule is COCOC.[K]. The Morgan fingerprint density at radius 1 is 1.17 bits per heavy atom. The summed E-state index contributed by atoms with van der Waals surface area (Å²) in [6.07, 6.45) is 0. The molecule has 6 heavy (non-hydrogen) atoms. The summed E-state index contributed by atoms with van der Waals surface area (Å²) in [6.45, 7) is 0.389.